The number of hydrogen-bond acceptors (Lipinski definition) is 2. The highest BCUT2D eigenvalue weighted by atomic mass is 16.3. The standard InChI is InChI=1S/C12H21NO/c1-4-5-11(2)8-13(3)9-12-6-7-14-10-12/h6-7,10-11H,4-5,8-9H2,1-3H3. The van der Waals surface area contributed by atoms with Crippen molar-refractivity contribution in [2.24, 2.45) is 5.92 Å². The summed E-state index contributed by atoms with van der Waals surface area (Å²) in [6.45, 7) is 6.71. The molecule has 0 aliphatic heterocycles. The fourth-order valence-electron chi connectivity index (χ4n) is 1.87. The Hall–Kier alpha value is -0.760. The predicted molar refractivity (Wildman–Crippen MR) is 59.1 cm³/mol. The van der Waals surface area contributed by atoms with Crippen LogP contribution in [-0.2, 0) is 6.54 Å². The molecule has 2 heteroatoms. The fourth-order valence-corrected chi connectivity index (χ4v) is 1.87. The van der Waals surface area contributed by atoms with Gasteiger partial charge in [-0.3, -0.25) is 0 Å². The van der Waals surface area contributed by atoms with Crippen molar-refractivity contribution in [2.75, 3.05) is 13.6 Å². The molecule has 0 aliphatic rings. The second kappa shape index (κ2) is 5.86. The molecule has 0 bridgehead atoms. The monoisotopic (exact) mass is 195 g/mol. The molecule has 1 rings (SSSR count). The number of hydrogen-bond donors (Lipinski definition) is 0. The Bertz CT molecular complexity index is 230. The first kappa shape index (κ1) is 11.3. The highest BCUT2D eigenvalue weighted by molar-refractivity contribution is 5.04. The molecule has 0 saturated carbocycles. The van der Waals surface area contributed by atoms with Gasteiger partial charge >= 0.3 is 0 Å². The maximum absolute atomic E-state index is 5.04. The summed E-state index contributed by atoms with van der Waals surface area (Å²) in [6.07, 6.45) is 6.15. The minimum atomic E-state index is 0.789. The molecule has 14 heavy (non-hydrogen) atoms. The zero-order valence-corrected chi connectivity index (χ0v) is 9.49. The quantitative estimate of drug-likeness (QED) is 0.693. The highest BCUT2D eigenvalue weighted by Gasteiger charge is 2.06. The van der Waals surface area contributed by atoms with Crippen LogP contribution in [0.5, 0.6) is 0 Å². The molecule has 0 fully saturated rings. The molecule has 1 unspecified atom stereocenters. The molecule has 0 spiro atoms. The third-order valence-electron chi connectivity index (χ3n) is 2.44. The lowest BCUT2D eigenvalue weighted by molar-refractivity contribution is 0.270. The van der Waals surface area contributed by atoms with Crippen LogP contribution in [0.2, 0.25) is 0 Å². The fraction of sp³-hybridized carbons (Fsp3) is 0.667. The van der Waals surface area contributed by atoms with E-state index in [9.17, 15) is 0 Å². The number of furan rings is 1. The van der Waals surface area contributed by atoms with Crippen molar-refractivity contribution in [3.63, 3.8) is 0 Å². The van der Waals surface area contributed by atoms with Gasteiger partial charge in [0, 0.05) is 18.7 Å². The van der Waals surface area contributed by atoms with Gasteiger partial charge < -0.3 is 9.32 Å². The minimum Gasteiger partial charge on any atom is -0.472 e. The second-order valence-electron chi connectivity index (χ2n) is 4.22. The van der Waals surface area contributed by atoms with Crippen molar-refractivity contribution >= 4 is 0 Å². The summed E-state index contributed by atoms with van der Waals surface area (Å²) in [5.41, 5.74) is 1.26. The molecule has 1 atom stereocenters. The van der Waals surface area contributed by atoms with Gasteiger partial charge in [-0.05, 0) is 25.5 Å². The third-order valence-corrected chi connectivity index (χ3v) is 2.44. The van der Waals surface area contributed by atoms with Crippen LogP contribution in [0.4, 0.5) is 0 Å². The molecule has 1 heterocycles. The van der Waals surface area contributed by atoms with E-state index in [1.807, 2.05) is 12.3 Å². The van der Waals surface area contributed by atoms with Crippen LogP contribution in [0.25, 0.3) is 0 Å². The van der Waals surface area contributed by atoms with Crippen molar-refractivity contribution in [3.05, 3.63) is 24.2 Å². The van der Waals surface area contributed by atoms with E-state index >= 15 is 0 Å². The van der Waals surface area contributed by atoms with Crippen molar-refractivity contribution in [3.8, 4) is 0 Å². The van der Waals surface area contributed by atoms with Crippen molar-refractivity contribution < 1.29 is 4.42 Å². The molecule has 0 radical (unpaired) electrons. The molecular formula is C12H21NO. The van der Waals surface area contributed by atoms with E-state index in [2.05, 4.69) is 25.8 Å². The van der Waals surface area contributed by atoms with Gasteiger partial charge in [0.1, 0.15) is 0 Å². The Labute approximate surface area is 86.9 Å². The number of nitrogens with zero attached hydrogens (tertiary/aromatic N) is 1. The van der Waals surface area contributed by atoms with Gasteiger partial charge in [0.25, 0.3) is 0 Å². The lowest BCUT2D eigenvalue weighted by Crippen LogP contribution is -2.23. The lowest BCUT2D eigenvalue weighted by atomic mass is 10.1. The van der Waals surface area contributed by atoms with E-state index in [0.29, 0.717) is 0 Å². The van der Waals surface area contributed by atoms with Crippen LogP contribution in [0.3, 0.4) is 0 Å². The van der Waals surface area contributed by atoms with Crippen molar-refractivity contribution in [1.82, 2.24) is 4.90 Å². The van der Waals surface area contributed by atoms with Crippen LogP contribution < -0.4 is 0 Å². The van der Waals surface area contributed by atoms with Crippen LogP contribution in [-0.4, -0.2) is 18.5 Å². The molecule has 0 amide bonds. The summed E-state index contributed by atoms with van der Waals surface area (Å²) in [4.78, 5) is 2.35. The van der Waals surface area contributed by atoms with E-state index < -0.39 is 0 Å². The normalized spacial score (nSPS) is 13.4. The van der Waals surface area contributed by atoms with Gasteiger partial charge in [-0.2, -0.15) is 0 Å². The van der Waals surface area contributed by atoms with Crippen molar-refractivity contribution in [2.45, 2.75) is 33.2 Å². The molecule has 80 valence electrons. The third kappa shape index (κ3) is 3.97. The first-order valence-corrected chi connectivity index (χ1v) is 5.42. The zero-order chi connectivity index (χ0) is 10.4. The Morgan fingerprint density at radius 1 is 1.50 bits per heavy atom. The van der Waals surface area contributed by atoms with E-state index in [0.717, 1.165) is 12.5 Å². The maximum Gasteiger partial charge on any atom is 0.0947 e. The molecular weight excluding hydrogens is 174 g/mol. The largest absolute Gasteiger partial charge is 0.472 e. The maximum atomic E-state index is 5.04. The summed E-state index contributed by atoms with van der Waals surface area (Å²) in [6, 6.07) is 2.03. The Morgan fingerprint density at radius 2 is 2.29 bits per heavy atom. The molecule has 1 aromatic rings. The van der Waals surface area contributed by atoms with E-state index in [4.69, 9.17) is 4.42 Å². The summed E-state index contributed by atoms with van der Waals surface area (Å²) in [5, 5.41) is 0. The Kier molecular flexibility index (Phi) is 4.74. The van der Waals surface area contributed by atoms with Gasteiger partial charge in [0.2, 0.25) is 0 Å². The Balaban J connectivity index is 2.25. The molecule has 1 aromatic heterocycles. The summed E-state index contributed by atoms with van der Waals surface area (Å²) in [7, 11) is 2.17. The highest BCUT2D eigenvalue weighted by Crippen LogP contribution is 2.09. The molecule has 0 saturated heterocycles. The van der Waals surface area contributed by atoms with Crippen molar-refractivity contribution in [1.29, 1.82) is 0 Å². The summed E-state index contributed by atoms with van der Waals surface area (Å²) >= 11 is 0. The van der Waals surface area contributed by atoms with Gasteiger partial charge in [-0.15, -0.1) is 0 Å². The van der Waals surface area contributed by atoms with Crippen LogP contribution in [0, 0.1) is 5.92 Å². The summed E-state index contributed by atoms with van der Waals surface area (Å²) in [5.74, 6) is 0.789. The zero-order valence-electron chi connectivity index (χ0n) is 9.49. The Morgan fingerprint density at radius 3 is 2.86 bits per heavy atom. The smallest absolute Gasteiger partial charge is 0.0947 e. The van der Waals surface area contributed by atoms with E-state index in [1.54, 1.807) is 6.26 Å². The average molecular weight is 195 g/mol. The molecule has 0 aromatic carbocycles. The van der Waals surface area contributed by atoms with E-state index in [-0.39, 0.29) is 0 Å². The molecule has 0 N–H and O–H groups in total. The van der Waals surface area contributed by atoms with Gasteiger partial charge in [-0.1, -0.05) is 20.3 Å². The summed E-state index contributed by atoms with van der Waals surface area (Å²) < 4.78 is 5.04. The minimum absolute atomic E-state index is 0.789. The van der Waals surface area contributed by atoms with Gasteiger partial charge in [-0.25, -0.2) is 0 Å². The second-order valence-corrected chi connectivity index (χ2v) is 4.22. The topological polar surface area (TPSA) is 16.4 Å². The van der Waals surface area contributed by atoms with Crippen LogP contribution in [0.15, 0.2) is 23.0 Å². The first-order chi connectivity index (χ1) is 6.72. The first-order valence-electron chi connectivity index (χ1n) is 5.42. The van der Waals surface area contributed by atoms with Crippen LogP contribution in [0.1, 0.15) is 32.3 Å². The molecule has 0 aliphatic carbocycles. The number of rotatable bonds is 6. The average Bonchev–Trinajstić information content (AvgIpc) is 2.56. The lowest BCUT2D eigenvalue weighted by Gasteiger charge is -2.20. The van der Waals surface area contributed by atoms with Crippen LogP contribution >= 0.6 is 0 Å². The van der Waals surface area contributed by atoms with Gasteiger partial charge in [0.15, 0.2) is 0 Å². The SMILES string of the molecule is CCCC(C)CN(C)Cc1ccoc1. The van der Waals surface area contributed by atoms with Gasteiger partial charge in [0.05, 0.1) is 12.5 Å². The molecule has 2 nitrogen and oxygen atoms in total. The predicted octanol–water partition coefficient (Wildman–Crippen LogP) is 3.15. The van der Waals surface area contributed by atoms with E-state index in [1.165, 1.54) is 24.9 Å².